The van der Waals surface area contributed by atoms with Crippen LogP contribution in [0.2, 0.25) is 0 Å². The number of hydrogen-bond acceptors (Lipinski definition) is 4. The van der Waals surface area contributed by atoms with Crippen molar-refractivity contribution in [1.29, 1.82) is 0 Å². The standard InChI is InChI=1S/C12H18F3N3O/c1-7(16)6-10-17-11(19-18-10)8-4-2-3-5-9(8)12(13,14)15/h7-9H,2-6,16H2,1H3. The van der Waals surface area contributed by atoms with Crippen LogP contribution < -0.4 is 5.73 Å². The van der Waals surface area contributed by atoms with Gasteiger partial charge in [-0.05, 0) is 19.8 Å². The first-order chi connectivity index (χ1) is 8.88. The van der Waals surface area contributed by atoms with Gasteiger partial charge in [-0.15, -0.1) is 0 Å². The first-order valence-electron chi connectivity index (χ1n) is 6.52. The van der Waals surface area contributed by atoms with E-state index in [2.05, 4.69) is 10.1 Å². The van der Waals surface area contributed by atoms with Gasteiger partial charge < -0.3 is 10.3 Å². The molecule has 1 fully saturated rings. The van der Waals surface area contributed by atoms with E-state index in [1.807, 2.05) is 0 Å². The maximum absolute atomic E-state index is 13.0. The van der Waals surface area contributed by atoms with E-state index < -0.39 is 18.0 Å². The lowest BCUT2D eigenvalue weighted by molar-refractivity contribution is -0.189. The van der Waals surface area contributed by atoms with Crippen molar-refractivity contribution in [1.82, 2.24) is 10.1 Å². The van der Waals surface area contributed by atoms with Gasteiger partial charge in [0.25, 0.3) is 0 Å². The van der Waals surface area contributed by atoms with Crippen molar-refractivity contribution in [2.75, 3.05) is 0 Å². The van der Waals surface area contributed by atoms with Crippen LogP contribution >= 0.6 is 0 Å². The summed E-state index contributed by atoms with van der Waals surface area (Å²) in [5.41, 5.74) is 5.61. The van der Waals surface area contributed by atoms with Gasteiger partial charge in [0.15, 0.2) is 5.82 Å². The lowest BCUT2D eigenvalue weighted by atomic mass is 9.78. The van der Waals surface area contributed by atoms with Gasteiger partial charge >= 0.3 is 6.18 Å². The van der Waals surface area contributed by atoms with Gasteiger partial charge in [0, 0.05) is 18.4 Å². The van der Waals surface area contributed by atoms with Gasteiger partial charge in [0.05, 0.1) is 5.92 Å². The second-order valence-electron chi connectivity index (χ2n) is 5.27. The summed E-state index contributed by atoms with van der Waals surface area (Å²) in [5.74, 6) is -1.58. The molecule has 0 aromatic carbocycles. The maximum atomic E-state index is 13.0. The van der Waals surface area contributed by atoms with Crippen molar-refractivity contribution in [3.63, 3.8) is 0 Å². The molecule has 2 rings (SSSR count). The Morgan fingerprint density at radius 3 is 2.68 bits per heavy atom. The van der Waals surface area contributed by atoms with E-state index in [-0.39, 0.29) is 18.4 Å². The normalized spacial score (nSPS) is 26.4. The average molecular weight is 277 g/mol. The molecule has 2 N–H and O–H groups in total. The summed E-state index contributed by atoms with van der Waals surface area (Å²) in [4.78, 5) is 4.08. The van der Waals surface area contributed by atoms with E-state index in [4.69, 9.17) is 10.3 Å². The number of halogens is 3. The van der Waals surface area contributed by atoms with E-state index in [0.717, 1.165) is 6.42 Å². The smallest absolute Gasteiger partial charge is 0.339 e. The van der Waals surface area contributed by atoms with E-state index in [1.165, 1.54) is 0 Å². The second kappa shape index (κ2) is 5.48. The fraction of sp³-hybridized carbons (Fsp3) is 0.833. The van der Waals surface area contributed by atoms with Gasteiger partial charge in [-0.25, -0.2) is 0 Å². The Labute approximate surface area is 109 Å². The molecule has 3 unspecified atom stereocenters. The third-order valence-corrected chi connectivity index (χ3v) is 3.49. The average Bonchev–Trinajstić information content (AvgIpc) is 2.75. The Morgan fingerprint density at radius 2 is 2.05 bits per heavy atom. The van der Waals surface area contributed by atoms with Crippen molar-refractivity contribution < 1.29 is 17.7 Å². The van der Waals surface area contributed by atoms with Crippen LogP contribution in [0.3, 0.4) is 0 Å². The molecule has 0 saturated heterocycles. The molecular weight excluding hydrogens is 259 g/mol. The van der Waals surface area contributed by atoms with Crippen LogP contribution in [0.4, 0.5) is 13.2 Å². The van der Waals surface area contributed by atoms with Crippen LogP contribution in [0.15, 0.2) is 4.52 Å². The van der Waals surface area contributed by atoms with Crippen LogP contribution in [0.5, 0.6) is 0 Å². The topological polar surface area (TPSA) is 64.9 Å². The third-order valence-electron chi connectivity index (χ3n) is 3.49. The summed E-state index contributed by atoms with van der Waals surface area (Å²) in [5, 5.41) is 3.71. The zero-order chi connectivity index (χ0) is 14.0. The van der Waals surface area contributed by atoms with E-state index >= 15 is 0 Å². The molecule has 1 saturated carbocycles. The first kappa shape index (κ1) is 14.3. The van der Waals surface area contributed by atoms with Gasteiger partial charge in [-0.1, -0.05) is 18.0 Å². The van der Waals surface area contributed by atoms with Crippen molar-refractivity contribution in [2.45, 2.75) is 57.2 Å². The van der Waals surface area contributed by atoms with Crippen molar-refractivity contribution in [3.8, 4) is 0 Å². The molecule has 1 aliphatic rings. The molecule has 0 amide bonds. The molecule has 7 heteroatoms. The number of hydrogen-bond donors (Lipinski definition) is 1. The highest BCUT2D eigenvalue weighted by atomic mass is 19.4. The highest BCUT2D eigenvalue weighted by molar-refractivity contribution is 5.01. The molecule has 0 bridgehead atoms. The quantitative estimate of drug-likeness (QED) is 0.922. The van der Waals surface area contributed by atoms with Crippen LogP contribution in [0.25, 0.3) is 0 Å². The number of alkyl halides is 3. The summed E-state index contributed by atoms with van der Waals surface area (Å²) >= 11 is 0. The molecule has 3 atom stereocenters. The minimum absolute atomic E-state index is 0.109. The van der Waals surface area contributed by atoms with Gasteiger partial charge in [-0.3, -0.25) is 0 Å². The molecule has 19 heavy (non-hydrogen) atoms. The van der Waals surface area contributed by atoms with Crippen LogP contribution in [-0.4, -0.2) is 22.4 Å². The van der Waals surface area contributed by atoms with E-state index in [0.29, 0.717) is 25.1 Å². The lowest BCUT2D eigenvalue weighted by Crippen LogP contribution is -2.31. The molecule has 1 aromatic heterocycles. The Bertz CT molecular complexity index is 417. The minimum atomic E-state index is -4.21. The lowest BCUT2D eigenvalue weighted by Gasteiger charge is -2.30. The fourth-order valence-corrected chi connectivity index (χ4v) is 2.61. The summed E-state index contributed by atoms with van der Waals surface area (Å²) < 4.78 is 44.0. The molecular formula is C12H18F3N3O. The molecule has 1 heterocycles. The number of rotatable bonds is 3. The molecule has 1 aliphatic carbocycles. The van der Waals surface area contributed by atoms with Crippen molar-refractivity contribution in [3.05, 3.63) is 11.7 Å². The number of nitrogens with two attached hydrogens (primary N) is 1. The van der Waals surface area contributed by atoms with Crippen molar-refractivity contribution in [2.24, 2.45) is 11.7 Å². The fourth-order valence-electron chi connectivity index (χ4n) is 2.61. The summed E-state index contributed by atoms with van der Waals surface area (Å²) in [6.45, 7) is 1.79. The largest absolute Gasteiger partial charge is 0.392 e. The van der Waals surface area contributed by atoms with Crippen LogP contribution in [0, 0.1) is 5.92 Å². The first-order valence-corrected chi connectivity index (χ1v) is 6.52. The zero-order valence-electron chi connectivity index (χ0n) is 10.8. The Morgan fingerprint density at radius 1 is 1.37 bits per heavy atom. The SMILES string of the molecule is CC(N)Cc1noc(C2CCCCC2C(F)(F)F)n1. The molecule has 0 spiro atoms. The maximum Gasteiger partial charge on any atom is 0.392 e. The monoisotopic (exact) mass is 277 g/mol. The zero-order valence-corrected chi connectivity index (χ0v) is 10.8. The highest BCUT2D eigenvalue weighted by Crippen LogP contribution is 2.45. The van der Waals surface area contributed by atoms with Gasteiger partial charge in [-0.2, -0.15) is 18.2 Å². The highest BCUT2D eigenvalue weighted by Gasteiger charge is 2.47. The van der Waals surface area contributed by atoms with E-state index in [9.17, 15) is 13.2 Å². The number of nitrogens with zero attached hydrogens (tertiary/aromatic N) is 2. The van der Waals surface area contributed by atoms with Gasteiger partial charge in [0.2, 0.25) is 5.89 Å². The number of aromatic nitrogens is 2. The minimum Gasteiger partial charge on any atom is -0.339 e. The Hall–Kier alpha value is -1.11. The Kier molecular flexibility index (Phi) is 4.13. The predicted octanol–water partition coefficient (Wildman–Crippen LogP) is 2.80. The molecule has 1 aromatic rings. The molecule has 0 radical (unpaired) electrons. The summed E-state index contributed by atoms with van der Waals surface area (Å²) in [7, 11) is 0. The third kappa shape index (κ3) is 3.46. The van der Waals surface area contributed by atoms with Crippen LogP contribution in [0.1, 0.15) is 50.2 Å². The summed E-state index contributed by atoms with van der Waals surface area (Å²) in [6, 6.07) is -0.143. The second-order valence-corrected chi connectivity index (χ2v) is 5.27. The van der Waals surface area contributed by atoms with Gasteiger partial charge in [0.1, 0.15) is 0 Å². The van der Waals surface area contributed by atoms with E-state index in [1.54, 1.807) is 6.92 Å². The molecule has 4 nitrogen and oxygen atoms in total. The van der Waals surface area contributed by atoms with Crippen molar-refractivity contribution >= 4 is 0 Å². The molecule has 108 valence electrons. The Balaban J connectivity index is 2.16. The van der Waals surface area contributed by atoms with Crippen LogP contribution in [-0.2, 0) is 6.42 Å². The summed E-state index contributed by atoms with van der Waals surface area (Å²) in [6.07, 6.45) is -1.85. The predicted molar refractivity (Wildman–Crippen MR) is 62.4 cm³/mol. The molecule has 0 aliphatic heterocycles.